The molecule has 0 amide bonds. The molecule has 5 nitrogen and oxygen atoms in total. The van der Waals surface area contributed by atoms with Gasteiger partial charge in [0.05, 0.1) is 31.0 Å². The summed E-state index contributed by atoms with van der Waals surface area (Å²) in [5, 5.41) is 14.9. The Morgan fingerprint density at radius 2 is 2.17 bits per heavy atom. The van der Waals surface area contributed by atoms with Gasteiger partial charge in [0.1, 0.15) is 11.6 Å². The van der Waals surface area contributed by atoms with Crippen LogP contribution in [-0.4, -0.2) is 12.5 Å². The van der Waals surface area contributed by atoms with Crippen LogP contribution in [0.25, 0.3) is 0 Å². The average Bonchev–Trinajstić information content (AvgIpc) is 3.04. The number of hydrogen-bond acceptors (Lipinski definition) is 3. The molecule has 0 aliphatic carbocycles. The quantitative estimate of drug-likeness (QED) is 0.436. The first-order valence-electron chi connectivity index (χ1n) is 6.96. The van der Waals surface area contributed by atoms with E-state index in [1.54, 1.807) is 18.4 Å². The Bertz CT molecular complexity index is 680. The van der Waals surface area contributed by atoms with E-state index in [-0.39, 0.29) is 30.5 Å². The molecule has 0 spiro atoms. The van der Waals surface area contributed by atoms with E-state index >= 15 is 0 Å². The molecule has 2 aromatic rings. The molecular formula is C16H18FIN4O. The first kappa shape index (κ1) is 19.0. The van der Waals surface area contributed by atoms with E-state index in [2.05, 4.69) is 15.6 Å². The summed E-state index contributed by atoms with van der Waals surface area (Å²) < 4.78 is 19.0. The fraction of sp³-hybridized carbons (Fsp3) is 0.250. The van der Waals surface area contributed by atoms with Gasteiger partial charge in [0.25, 0.3) is 0 Å². The number of halogens is 2. The Morgan fingerprint density at radius 3 is 2.78 bits per heavy atom. The van der Waals surface area contributed by atoms with Crippen LogP contribution >= 0.6 is 24.0 Å². The molecule has 0 aliphatic heterocycles. The van der Waals surface area contributed by atoms with Crippen LogP contribution in [0.3, 0.4) is 0 Å². The van der Waals surface area contributed by atoms with E-state index < -0.39 is 5.82 Å². The Balaban J connectivity index is 0.00000264. The summed E-state index contributed by atoms with van der Waals surface area (Å²) in [7, 11) is 0. The monoisotopic (exact) mass is 428 g/mol. The van der Waals surface area contributed by atoms with Gasteiger partial charge >= 0.3 is 0 Å². The third kappa shape index (κ3) is 5.90. The van der Waals surface area contributed by atoms with Crippen LogP contribution in [0.2, 0.25) is 0 Å². The fourth-order valence-corrected chi connectivity index (χ4v) is 1.84. The van der Waals surface area contributed by atoms with E-state index in [1.165, 1.54) is 6.07 Å². The van der Waals surface area contributed by atoms with Gasteiger partial charge in [-0.25, -0.2) is 9.38 Å². The van der Waals surface area contributed by atoms with Crippen molar-refractivity contribution in [2.24, 2.45) is 4.99 Å². The normalized spacial score (nSPS) is 10.6. The molecule has 23 heavy (non-hydrogen) atoms. The molecule has 0 radical (unpaired) electrons. The van der Waals surface area contributed by atoms with Crippen LogP contribution in [0.5, 0.6) is 0 Å². The number of nitriles is 1. The van der Waals surface area contributed by atoms with Crippen molar-refractivity contribution in [1.29, 1.82) is 5.26 Å². The van der Waals surface area contributed by atoms with Crippen molar-refractivity contribution < 1.29 is 8.81 Å². The van der Waals surface area contributed by atoms with Crippen molar-refractivity contribution in [2.45, 2.75) is 20.0 Å². The number of guanidine groups is 1. The molecule has 0 aliphatic rings. The Morgan fingerprint density at radius 1 is 1.35 bits per heavy atom. The Kier molecular flexibility index (Phi) is 8.11. The molecule has 1 heterocycles. The van der Waals surface area contributed by atoms with Gasteiger partial charge in [0, 0.05) is 12.1 Å². The molecule has 0 unspecified atom stereocenters. The highest BCUT2D eigenvalue weighted by atomic mass is 127. The first-order valence-corrected chi connectivity index (χ1v) is 6.96. The molecule has 7 heteroatoms. The minimum absolute atomic E-state index is 0. The van der Waals surface area contributed by atoms with Crippen molar-refractivity contribution >= 4 is 29.9 Å². The van der Waals surface area contributed by atoms with Gasteiger partial charge in [-0.05, 0) is 31.2 Å². The van der Waals surface area contributed by atoms with Crippen LogP contribution in [0, 0.1) is 17.1 Å². The lowest BCUT2D eigenvalue weighted by Gasteiger charge is -2.10. The lowest BCUT2D eigenvalue weighted by molar-refractivity contribution is 0.501. The van der Waals surface area contributed by atoms with Gasteiger partial charge in [0.2, 0.25) is 0 Å². The van der Waals surface area contributed by atoms with E-state index in [0.29, 0.717) is 30.2 Å². The van der Waals surface area contributed by atoms with Crippen LogP contribution in [0.1, 0.15) is 23.8 Å². The third-order valence-corrected chi connectivity index (χ3v) is 2.94. The highest BCUT2D eigenvalue weighted by molar-refractivity contribution is 14.0. The van der Waals surface area contributed by atoms with E-state index in [1.807, 2.05) is 25.1 Å². The van der Waals surface area contributed by atoms with Crippen molar-refractivity contribution in [1.82, 2.24) is 10.6 Å². The standard InChI is InChI=1S/C16H17FN4O.HI/c1-2-19-16(21-11-14-4-3-7-22-14)20-10-13-6-5-12(9-18)8-15(13)17;/h3-8H,2,10-11H2,1H3,(H2,19,20,21);1H. The topological polar surface area (TPSA) is 73.3 Å². The van der Waals surface area contributed by atoms with Gasteiger partial charge in [-0.1, -0.05) is 6.07 Å². The third-order valence-electron chi connectivity index (χ3n) is 2.94. The number of furan rings is 1. The van der Waals surface area contributed by atoms with Crippen molar-refractivity contribution in [3.05, 3.63) is 59.3 Å². The molecule has 0 saturated carbocycles. The number of rotatable bonds is 5. The van der Waals surface area contributed by atoms with Gasteiger partial charge in [-0.2, -0.15) is 5.26 Å². The number of nitrogens with one attached hydrogen (secondary N) is 2. The SMILES string of the molecule is CCNC(=NCc1ccc(C#N)cc1F)NCc1ccco1.I. The van der Waals surface area contributed by atoms with Gasteiger partial charge in [-0.3, -0.25) is 0 Å². The second-order valence-corrected chi connectivity index (χ2v) is 4.55. The van der Waals surface area contributed by atoms with E-state index in [9.17, 15) is 4.39 Å². The predicted molar refractivity (Wildman–Crippen MR) is 96.9 cm³/mol. The first-order chi connectivity index (χ1) is 10.7. The largest absolute Gasteiger partial charge is 0.467 e. The zero-order valence-electron chi connectivity index (χ0n) is 12.7. The second-order valence-electron chi connectivity index (χ2n) is 4.55. The molecule has 122 valence electrons. The second kappa shape index (κ2) is 9.84. The molecule has 1 aromatic carbocycles. The Hall–Kier alpha value is -2.08. The molecular weight excluding hydrogens is 410 g/mol. The summed E-state index contributed by atoms with van der Waals surface area (Å²) in [5.41, 5.74) is 0.738. The molecule has 1 aromatic heterocycles. The van der Waals surface area contributed by atoms with Crippen molar-refractivity contribution in [3.8, 4) is 6.07 Å². The Labute approximate surface area is 151 Å². The smallest absolute Gasteiger partial charge is 0.191 e. The molecule has 0 saturated heterocycles. The fourth-order valence-electron chi connectivity index (χ4n) is 1.84. The summed E-state index contributed by atoms with van der Waals surface area (Å²) in [4.78, 5) is 4.33. The van der Waals surface area contributed by atoms with Gasteiger partial charge in [-0.15, -0.1) is 24.0 Å². The van der Waals surface area contributed by atoms with Gasteiger partial charge in [0.15, 0.2) is 5.96 Å². The lowest BCUT2D eigenvalue weighted by atomic mass is 10.1. The number of aliphatic imine (C=N–C) groups is 1. The average molecular weight is 428 g/mol. The van der Waals surface area contributed by atoms with Crippen LogP contribution in [-0.2, 0) is 13.1 Å². The lowest BCUT2D eigenvalue weighted by Crippen LogP contribution is -2.36. The minimum Gasteiger partial charge on any atom is -0.467 e. The predicted octanol–water partition coefficient (Wildman–Crippen LogP) is 3.16. The summed E-state index contributed by atoms with van der Waals surface area (Å²) in [6.45, 7) is 3.33. The molecule has 0 bridgehead atoms. The van der Waals surface area contributed by atoms with Crippen molar-refractivity contribution in [3.63, 3.8) is 0 Å². The molecule has 0 fully saturated rings. The maximum atomic E-state index is 13.8. The summed E-state index contributed by atoms with van der Waals surface area (Å²) in [6, 6.07) is 9.95. The van der Waals surface area contributed by atoms with E-state index in [4.69, 9.17) is 9.68 Å². The zero-order valence-corrected chi connectivity index (χ0v) is 15.0. The summed E-state index contributed by atoms with van der Waals surface area (Å²) in [6.07, 6.45) is 1.60. The zero-order chi connectivity index (χ0) is 15.8. The van der Waals surface area contributed by atoms with Crippen LogP contribution in [0.4, 0.5) is 4.39 Å². The van der Waals surface area contributed by atoms with Crippen molar-refractivity contribution in [2.75, 3.05) is 6.54 Å². The van der Waals surface area contributed by atoms with Crippen LogP contribution < -0.4 is 10.6 Å². The van der Waals surface area contributed by atoms with E-state index in [0.717, 1.165) is 5.76 Å². The molecule has 0 atom stereocenters. The number of nitrogens with zero attached hydrogens (tertiary/aromatic N) is 2. The minimum atomic E-state index is -0.426. The summed E-state index contributed by atoms with van der Waals surface area (Å²) >= 11 is 0. The molecule has 2 rings (SSSR count). The summed E-state index contributed by atoms with van der Waals surface area (Å²) in [5.74, 6) is 0.933. The number of hydrogen-bond donors (Lipinski definition) is 2. The molecule has 2 N–H and O–H groups in total. The maximum Gasteiger partial charge on any atom is 0.191 e. The maximum absolute atomic E-state index is 13.8. The number of benzene rings is 1. The highest BCUT2D eigenvalue weighted by Crippen LogP contribution is 2.11. The van der Waals surface area contributed by atoms with Gasteiger partial charge < -0.3 is 15.1 Å². The van der Waals surface area contributed by atoms with Crippen LogP contribution in [0.15, 0.2) is 46.0 Å². The highest BCUT2D eigenvalue weighted by Gasteiger charge is 2.04.